The molecular formula is C19H15ClN4O4S. The molecule has 8 nitrogen and oxygen atoms in total. The SMILES string of the molecule is CC(OC(=O)CCc1nc(-c2ccc(Cl)cc2)no1)c1nnc(-c2cccs2)o1. The van der Waals surface area contributed by atoms with E-state index in [9.17, 15) is 4.79 Å². The van der Waals surface area contributed by atoms with E-state index < -0.39 is 12.1 Å². The van der Waals surface area contributed by atoms with Crippen LogP contribution in [0.3, 0.4) is 0 Å². The summed E-state index contributed by atoms with van der Waals surface area (Å²) in [6.07, 6.45) is -0.314. The lowest BCUT2D eigenvalue weighted by Crippen LogP contribution is -2.10. The van der Waals surface area contributed by atoms with Gasteiger partial charge in [0.15, 0.2) is 6.10 Å². The molecule has 0 saturated carbocycles. The van der Waals surface area contributed by atoms with Crippen molar-refractivity contribution in [2.45, 2.75) is 25.9 Å². The van der Waals surface area contributed by atoms with Gasteiger partial charge in [0.2, 0.25) is 11.7 Å². The van der Waals surface area contributed by atoms with E-state index in [0.717, 1.165) is 10.4 Å². The van der Waals surface area contributed by atoms with Crippen molar-refractivity contribution in [1.82, 2.24) is 20.3 Å². The number of carbonyl (C=O) groups is 1. The molecule has 0 bridgehead atoms. The van der Waals surface area contributed by atoms with Gasteiger partial charge in [-0.05, 0) is 42.6 Å². The lowest BCUT2D eigenvalue weighted by Gasteiger charge is -2.08. The molecule has 3 heterocycles. The van der Waals surface area contributed by atoms with Crippen LogP contribution in [0.4, 0.5) is 0 Å². The Bertz CT molecular complexity index is 1090. The van der Waals surface area contributed by atoms with E-state index >= 15 is 0 Å². The van der Waals surface area contributed by atoms with Crippen molar-refractivity contribution in [2.24, 2.45) is 0 Å². The van der Waals surface area contributed by atoms with Crippen molar-refractivity contribution >= 4 is 28.9 Å². The Labute approximate surface area is 174 Å². The topological polar surface area (TPSA) is 104 Å². The highest BCUT2D eigenvalue weighted by Gasteiger charge is 2.20. The summed E-state index contributed by atoms with van der Waals surface area (Å²) in [5.74, 6) is 0.991. The molecule has 0 radical (unpaired) electrons. The smallest absolute Gasteiger partial charge is 0.307 e. The number of esters is 1. The minimum absolute atomic E-state index is 0.0819. The Morgan fingerprint density at radius 3 is 2.83 bits per heavy atom. The Hall–Kier alpha value is -3.04. The maximum Gasteiger partial charge on any atom is 0.307 e. The van der Waals surface area contributed by atoms with Crippen molar-refractivity contribution in [2.75, 3.05) is 0 Å². The first-order chi connectivity index (χ1) is 14.1. The molecule has 0 aliphatic heterocycles. The Balaban J connectivity index is 1.30. The monoisotopic (exact) mass is 430 g/mol. The Morgan fingerprint density at radius 1 is 1.24 bits per heavy atom. The summed E-state index contributed by atoms with van der Waals surface area (Å²) in [5, 5.41) is 14.4. The van der Waals surface area contributed by atoms with E-state index in [1.807, 2.05) is 17.5 Å². The summed E-state index contributed by atoms with van der Waals surface area (Å²) in [4.78, 5) is 17.3. The number of rotatable bonds is 7. The van der Waals surface area contributed by atoms with Crippen LogP contribution in [-0.4, -0.2) is 26.3 Å². The van der Waals surface area contributed by atoms with E-state index in [1.54, 1.807) is 31.2 Å². The molecule has 0 amide bonds. The third-order valence-electron chi connectivity index (χ3n) is 3.94. The van der Waals surface area contributed by atoms with Crippen LogP contribution in [0.5, 0.6) is 0 Å². The number of hydrogen-bond donors (Lipinski definition) is 0. The van der Waals surface area contributed by atoms with E-state index in [1.165, 1.54) is 11.3 Å². The van der Waals surface area contributed by atoms with Gasteiger partial charge in [-0.3, -0.25) is 4.79 Å². The number of ether oxygens (including phenoxy) is 1. The second-order valence-corrected chi connectivity index (χ2v) is 7.46. The van der Waals surface area contributed by atoms with Crippen molar-refractivity contribution in [3.63, 3.8) is 0 Å². The fourth-order valence-corrected chi connectivity index (χ4v) is 3.26. The average Bonchev–Trinajstić information content (AvgIpc) is 3.48. The maximum absolute atomic E-state index is 12.1. The number of benzene rings is 1. The summed E-state index contributed by atoms with van der Waals surface area (Å²) in [5.41, 5.74) is 0.776. The molecule has 3 aromatic heterocycles. The molecule has 1 aromatic carbocycles. The fraction of sp³-hybridized carbons (Fsp3) is 0.211. The van der Waals surface area contributed by atoms with Gasteiger partial charge in [-0.2, -0.15) is 4.98 Å². The van der Waals surface area contributed by atoms with Crippen LogP contribution in [0.1, 0.15) is 31.2 Å². The van der Waals surface area contributed by atoms with Crippen LogP contribution in [0.2, 0.25) is 5.02 Å². The Kier molecular flexibility index (Phi) is 5.68. The van der Waals surface area contributed by atoms with Crippen LogP contribution in [0.15, 0.2) is 50.7 Å². The summed E-state index contributed by atoms with van der Waals surface area (Å²) in [6.45, 7) is 1.68. The molecule has 0 fully saturated rings. The van der Waals surface area contributed by atoms with Gasteiger partial charge in [0.1, 0.15) is 0 Å². The van der Waals surface area contributed by atoms with Crippen molar-refractivity contribution in [1.29, 1.82) is 0 Å². The molecule has 0 N–H and O–H groups in total. The fourth-order valence-electron chi connectivity index (χ4n) is 2.49. The minimum atomic E-state index is -0.656. The highest BCUT2D eigenvalue weighted by atomic mass is 35.5. The predicted octanol–water partition coefficient (Wildman–Crippen LogP) is 4.74. The van der Waals surface area contributed by atoms with Crippen LogP contribution < -0.4 is 0 Å². The number of aromatic nitrogens is 4. The average molecular weight is 431 g/mol. The first-order valence-corrected chi connectivity index (χ1v) is 9.99. The molecule has 0 spiro atoms. The zero-order chi connectivity index (χ0) is 20.2. The zero-order valence-electron chi connectivity index (χ0n) is 15.2. The number of nitrogens with zero attached hydrogens (tertiary/aromatic N) is 4. The normalized spacial score (nSPS) is 12.1. The molecule has 0 saturated heterocycles. The van der Waals surface area contributed by atoms with Crippen molar-refractivity contribution in [3.05, 3.63) is 58.6 Å². The second kappa shape index (κ2) is 8.54. The van der Waals surface area contributed by atoms with Gasteiger partial charge in [-0.25, -0.2) is 0 Å². The molecule has 0 aliphatic carbocycles. The minimum Gasteiger partial charge on any atom is -0.453 e. The van der Waals surface area contributed by atoms with E-state index in [4.69, 9.17) is 25.3 Å². The quantitative estimate of drug-likeness (QED) is 0.387. The van der Waals surface area contributed by atoms with Crippen LogP contribution in [0, 0.1) is 0 Å². The molecule has 29 heavy (non-hydrogen) atoms. The lowest BCUT2D eigenvalue weighted by atomic mass is 10.2. The lowest BCUT2D eigenvalue weighted by molar-refractivity contribution is -0.149. The van der Waals surface area contributed by atoms with Crippen molar-refractivity contribution < 1.29 is 18.5 Å². The molecule has 0 aliphatic rings. The summed E-state index contributed by atoms with van der Waals surface area (Å²) in [6, 6.07) is 10.8. The zero-order valence-corrected chi connectivity index (χ0v) is 16.8. The van der Waals surface area contributed by atoms with E-state index in [2.05, 4.69) is 20.3 Å². The summed E-state index contributed by atoms with van der Waals surface area (Å²) >= 11 is 7.36. The van der Waals surface area contributed by atoms with E-state index in [-0.39, 0.29) is 18.7 Å². The molecule has 148 valence electrons. The number of thiophene rings is 1. The number of carbonyl (C=O) groups excluding carboxylic acids is 1. The Morgan fingerprint density at radius 2 is 2.07 bits per heavy atom. The highest BCUT2D eigenvalue weighted by molar-refractivity contribution is 7.13. The van der Waals surface area contributed by atoms with Gasteiger partial charge in [0.25, 0.3) is 11.8 Å². The molecule has 1 unspecified atom stereocenters. The molecule has 4 rings (SSSR count). The number of hydrogen-bond acceptors (Lipinski definition) is 9. The summed E-state index contributed by atoms with van der Waals surface area (Å²) in [7, 11) is 0. The van der Waals surface area contributed by atoms with Gasteiger partial charge in [0, 0.05) is 17.0 Å². The highest BCUT2D eigenvalue weighted by Crippen LogP contribution is 2.26. The largest absolute Gasteiger partial charge is 0.453 e. The third kappa shape index (κ3) is 4.69. The number of aryl methyl sites for hydroxylation is 1. The summed E-state index contributed by atoms with van der Waals surface area (Å²) < 4.78 is 16.1. The first kappa shape index (κ1) is 19.3. The van der Waals surface area contributed by atoms with Crippen LogP contribution >= 0.6 is 22.9 Å². The molecule has 4 aromatic rings. The van der Waals surface area contributed by atoms with Gasteiger partial charge in [-0.1, -0.05) is 22.8 Å². The van der Waals surface area contributed by atoms with Gasteiger partial charge >= 0.3 is 5.97 Å². The molecular weight excluding hydrogens is 416 g/mol. The maximum atomic E-state index is 12.1. The van der Waals surface area contributed by atoms with Gasteiger partial charge < -0.3 is 13.7 Å². The molecule has 1 atom stereocenters. The second-order valence-electron chi connectivity index (χ2n) is 6.07. The van der Waals surface area contributed by atoms with E-state index in [0.29, 0.717) is 22.6 Å². The van der Waals surface area contributed by atoms with Gasteiger partial charge in [0.05, 0.1) is 11.3 Å². The standard InChI is InChI=1S/C19H15ClN4O4S/c1-11(18-22-23-19(27-18)14-3-2-10-29-14)26-16(25)9-8-15-21-17(24-28-15)12-4-6-13(20)7-5-12/h2-7,10-11H,8-9H2,1H3. The third-order valence-corrected chi connectivity index (χ3v) is 5.05. The van der Waals surface area contributed by atoms with Crippen molar-refractivity contribution in [3.8, 4) is 22.2 Å². The van der Waals surface area contributed by atoms with Crippen LogP contribution in [-0.2, 0) is 16.0 Å². The van der Waals surface area contributed by atoms with Gasteiger partial charge in [-0.15, -0.1) is 21.5 Å². The number of halogens is 1. The molecule has 10 heteroatoms. The first-order valence-electron chi connectivity index (χ1n) is 8.74. The predicted molar refractivity (Wildman–Crippen MR) is 105 cm³/mol. The van der Waals surface area contributed by atoms with Crippen LogP contribution in [0.25, 0.3) is 22.2 Å².